The fourth-order valence-corrected chi connectivity index (χ4v) is 4.39. The van der Waals surface area contributed by atoms with Crippen LogP contribution in [-0.4, -0.2) is 21.5 Å². The topological polar surface area (TPSA) is 47.9 Å². The van der Waals surface area contributed by atoms with Crippen LogP contribution in [0.25, 0.3) is 21.5 Å². The summed E-state index contributed by atoms with van der Waals surface area (Å²) in [6, 6.07) is 14.3. The molecule has 0 bridgehead atoms. The number of rotatable bonds is 5. The zero-order valence-corrected chi connectivity index (χ0v) is 15.5. The molecule has 0 atom stereocenters. The minimum absolute atomic E-state index is 0.227. The largest absolute Gasteiger partial charge is 0.497 e. The second kappa shape index (κ2) is 7.39. The second-order valence-corrected chi connectivity index (χ2v) is 7.27. The molecule has 0 radical (unpaired) electrons. The zero-order chi connectivity index (χ0) is 17.9. The van der Waals surface area contributed by atoms with Crippen LogP contribution in [0.3, 0.4) is 0 Å². The number of thioether (sulfide) groups is 1. The number of aromatic nitrogens is 3. The van der Waals surface area contributed by atoms with Gasteiger partial charge in [-0.05, 0) is 53.5 Å². The maximum atomic E-state index is 13.0. The molecule has 0 saturated carbocycles. The summed E-state index contributed by atoms with van der Waals surface area (Å²) in [4.78, 5) is 8.83. The lowest BCUT2D eigenvalue weighted by molar-refractivity contribution is 0.415. The first-order valence-electron chi connectivity index (χ1n) is 7.86. The normalized spacial score (nSPS) is 11.0. The Bertz CT molecular complexity index is 1030. The Morgan fingerprint density at radius 2 is 1.81 bits per heavy atom. The molecule has 2 aromatic heterocycles. The molecule has 2 heterocycles. The number of halogens is 1. The van der Waals surface area contributed by atoms with Gasteiger partial charge in [0.1, 0.15) is 38.8 Å². The predicted octanol–water partition coefficient (Wildman–Crippen LogP) is 5.19. The number of benzene rings is 2. The van der Waals surface area contributed by atoms with Crippen molar-refractivity contribution in [3.05, 3.63) is 66.2 Å². The highest BCUT2D eigenvalue weighted by Crippen LogP contribution is 2.35. The standard InChI is InChI=1S/C19H14FN3OS2/c1-24-15-8-4-13(5-9-15)16-17-18(26-23-16)19(22-11-21-17)25-10-12-2-6-14(20)7-3-12/h2-9,11H,10H2,1H3. The molecule has 4 aromatic rings. The van der Waals surface area contributed by atoms with Crippen molar-refractivity contribution in [3.8, 4) is 17.0 Å². The van der Waals surface area contributed by atoms with E-state index < -0.39 is 0 Å². The van der Waals surface area contributed by atoms with Crippen LogP contribution in [0.15, 0.2) is 59.9 Å². The van der Waals surface area contributed by atoms with Crippen LogP contribution in [0, 0.1) is 5.82 Å². The molecule has 0 N–H and O–H groups in total. The molecular formula is C19H14FN3OS2. The molecule has 0 aliphatic rings. The molecule has 0 aliphatic heterocycles. The molecule has 0 aliphatic carbocycles. The van der Waals surface area contributed by atoms with Crippen LogP contribution in [0.2, 0.25) is 0 Å². The number of nitrogens with zero attached hydrogens (tertiary/aromatic N) is 3. The Labute approximate surface area is 158 Å². The van der Waals surface area contributed by atoms with Crippen molar-refractivity contribution >= 4 is 33.5 Å². The van der Waals surface area contributed by atoms with Crippen molar-refractivity contribution in [1.82, 2.24) is 14.3 Å². The third-order valence-electron chi connectivity index (χ3n) is 3.88. The first-order valence-corrected chi connectivity index (χ1v) is 9.62. The van der Waals surface area contributed by atoms with E-state index in [9.17, 15) is 4.39 Å². The van der Waals surface area contributed by atoms with Crippen LogP contribution in [0.5, 0.6) is 5.75 Å². The van der Waals surface area contributed by atoms with Crippen molar-refractivity contribution < 1.29 is 9.13 Å². The van der Waals surface area contributed by atoms with Crippen LogP contribution in [0.1, 0.15) is 5.56 Å². The highest BCUT2D eigenvalue weighted by molar-refractivity contribution is 7.98. The van der Waals surface area contributed by atoms with Crippen molar-refractivity contribution in [2.45, 2.75) is 10.8 Å². The monoisotopic (exact) mass is 383 g/mol. The van der Waals surface area contributed by atoms with Gasteiger partial charge in [0.2, 0.25) is 0 Å². The van der Waals surface area contributed by atoms with Gasteiger partial charge in [0.05, 0.1) is 7.11 Å². The van der Waals surface area contributed by atoms with Gasteiger partial charge in [-0.25, -0.2) is 14.4 Å². The summed E-state index contributed by atoms with van der Waals surface area (Å²) in [6.07, 6.45) is 1.57. The van der Waals surface area contributed by atoms with E-state index in [0.29, 0.717) is 5.75 Å². The van der Waals surface area contributed by atoms with Crippen LogP contribution >= 0.6 is 23.3 Å². The van der Waals surface area contributed by atoms with E-state index in [1.54, 1.807) is 37.3 Å². The first-order chi connectivity index (χ1) is 12.7. The lowest BCUT2D eigenvalue weighted by Crippen LogP contribution is -1.87. The summed E-state index contributed by atoms with van der Waals surface area (Å²) >= 11 is 3.00. The molecule has 0 amide bonds. The van der Waals surface area contributed by atoms with Crippen LogP contribution in [-0.2, 0) is 5.75 Å². The smallest absolute Gasteiger partial charge is 0.123 e. The highest BCUT2D eigenvalue weighted by Gasteiger charge is 2.14. The maximum absolute atomic E-state index is 13.0. The molecule has 4 nitrogen and oxygen atoms in total. The van der Waals surface area contributed by atoms with Gasteiger partial charge in [-0.3, -0.25) is 0 Å². The minimum atomic E-state index is -0.227. The first kappa shape index (κ1) is 16.9. The summed E-state index contributed by atoms with van der Waals surface area (Å²) in [5.74, 6) is 1.29. The number of hydrogen-bond donors (Lipinski definition) is 0. The highest BCUT2D eigenvalue weighted by atomic mass is 32.2. The van der Waals surface area contributed by atoms with E-state index in [1.807, 2.05) is 24.3 Å². The quantitative estimate of drug-likeness (QED) is 0.350. The Balaban J connectivity index is 1.62. The second-order valence-electron chi connectivity index (χ2n) is 5.53. The summed E-state index contributed by atoms with van der Waals surface area (Å²) in [5, 5.41) is 0.886. The molecule has 26 heavy (non-hydrogen) atoms. The van der Waals surface area contributed by atoms with E-state index in [1.165, 1.54) is 23.7 Å². The number of methoxy groups -OCH3 is 1. The van der Waals surface area contributed by atoms with E-state index >= 15 is 0 Å². The molecule has 4 rings (SSSR count). The lowest BCUT2D eigenvalue weighted by atomic mass is 10.1. The van der Waals surface area contributed by atoms with Gasteiger partial charge in [0, 0.05) is 11.3 Å². The van der Waals surface area contributed by atoms with Crippen LogP contribution in [0.4, 0.5) is 4.39 Å². The van der Waals surface area contributed by atoms with Gasteiger partial charge in [0.15, 0.2) is 0 Å². The number of ether oxygens (including phenoxy) is 1. The molecule has 7 heteroatoms. The van der Waals surface area contributed by atoms with Crippen molar-refractivity contribution in [2.24, 2.45) is 0 Å². The molecule has 0 unspecified atom stereocenters. The summed E-state index contributed by atoms with van der Waals surface area (Å²) in [7, 11) is 1.64. The molecule has 0 spiro atoms. The third kappa shape index (κ3) is 3.40. The zero-order valence-electron chi connectivity index (χ0n) is 13.8. The van der Waals surface area contributed by atoms with Gasteiger partial charge in [0.25, 0.3) is 0 Å². The maximum Gasteiger partial charge on any atom is 0.123 e. The predicted molar refractivity (Wildman–Crippen MR) is 103 cm³/mol. The third-order valence-corrected chi connectivity index (χ3v) is 5.91. The van der Waals surface area contributed by atoms with Gasteiger partial charge in [-0.2, -0.15) is 4.37 Å². The van der Waals surface area contributed by atoms with Crippen molar-refractivity contribution in [2.75, 3.05) is 7.11 Å². The van der Waals surface area contributed by atoms with Gasteiger partial charge in [-0.1, -0.05) is 12.1 Å². The van der Waals surface area contributed by atoms with Crippen LogP contribution < -0.4 is 4.74 Å². The van der Waals surface area contributed by atoms with Crippen molar-refractivity contribution in [3.63, 3.8) is 0 Å². The Morgan fingerprint density at radius 1 is 1.04 bits per heavy atom. The summed E-state index contributed by atoms with van der Waals surface area (Å²) < 4.78 is 23.8. The van der Waals surface area contributed by atoms with E-state index in [-0.39, 0.29) is 5.82 Å². The fourth-order valence-electron chi connectivity index (χ4n) is 2.52. The van der Waals surface area contributed by atoms with E-state index in [4.69, 9.17) is 4.74 Å². The Kier molecular flexibility index (Phi) is 4.81. The fraction of sp³-hybridized carbons (Fsp3) is 0.105. The lowest BCUT2D eigenvalue weighted by Gasteiger charge is -2.03. The summed E-state index contributed by atoms with van der Waals surface area (Å²) in [6.45, 7) is 0. The number of hydrogen-bond acceptors (Lipinski definition) is 6. The summed E-state index contributed by atoms with van der Waals surface area (Å²) in [5.41, 5.74) is 3.73. The van der Waals surface area contributed by atoms with Gasteiger partial charge >= 0.3 is 0 Å². The average Bonchev–Trinajstić information content (AvgIpc) is 3.12. The van der Waals surface area contributed by atoms with Gasteiger partial charge in [-0.15, -0.1) is 11.8 Å². The number of fused-ring (bicyclic) bond motifs is 1. The van der Waals surface area contributed by atoms with Gasteiger partial charge < -0.3 is 4.74 Å². The minimum Gasteiger partial charge on any atom is -0.497 e. The SMILES string of the molecule is COc1ccc(-c2nsc3c(SCc4ccc(F)cc4)ncnc23)cc1. The molecule has 0 saturated heterocycles. The molecule has 0 fully saturated rings. The van der Waals surface area contributed by atoms with E-state index in [2.05, 4.69) is 14.3 Å². The molecule has 130 valence electrons. The Hall–Kier alpha value is -2.51. The molecular weight excluding hydrogens is 369 g/mol. The molecule has 2 aromatic carbocycles. The average molecular weight is 383 g/mol. The van der Waals surface area contributed by atoms with Crippen molar-refractivity contribution in [1.29, 1.82) is 0 Å². The van der Waals surface area contributed by atoms with E-state index in [0.717, 1.165) is 37.8 Å². The Morgan fingerprint density at radius 3 is 2.54 bits per heavy atom.